The van der Waals surface area contributed by atoms with Gasteiger partial charge in [-0.3, -0.25) is 4.72 Å². The van der Waals surface area contributed by atoms with Crippen molar-refractivity contribution in [3.63, 3.8) is 0 Å². The van der Waals surface area contributed by atoms with Crippen LogP contribution < -0.4 is 4.72 Å². The van der Waals surface area contributed by atoms with Gasteiger partial charge in [0.1, 0.15) is 6.61 Å². The summed E-state index contributed by atoms with van der Waals surface area (Å²) in [5, 5.41) is 8.43. The maximum Gasteiger partial charge on any atom is 0.235 e. The normalized spacial score (nSPS) is 14.8. The van der Waals surface area contributed by atoms with Crippen LogP contribution in [0.3, 0.4) is 0 Å². The third-order valence-corrected chi connectivity index (χ3v) is 4.63. The van der Waals surface area contributed by atoms with Crippen LogP contribution in [0, 0.1) is 18.8 Å². The van der Waals surface area contributed by atoms with E-state index in [9.17, 15) is 8.42 Å². The van der Waals surface area contributed by atoms with Gasteiger partial charge in [-0.1, -0.05) is 17.9 Å². The number of hydrogen-bond donors (Lipinski definition) is 2. The Morgan fingerprint density at radius 3 is 2.78 bits per heavy atom. The van der Waals surface area contributed by atoms with Crippen LogP contribution in [-0.4, -0.2) is 25.4 Å². The average molecular weight is 265 g/mol. The fraction of sp³-hybridized carbons (Fsp3) is 0.385. The Hall–Kier alpha value is -1.51. The van der Waals surface area contributed by atoms with Gasteiger partial charge >= 0.3 is 0 Å². The van der Waals surface area contributed by atoms with Crippen molar-refractivity contribution in [1.29, 1.82) is 0 Å². The zero-order chi connectivity index (χ0) is 13.2. The molecule has 0 atom stereocenters. The van der Waals surface area contributed by atoms with Crippen LogP contribution >= 0.6 is 0 Å². The molecule has 18 heavy (non-hydrogen) atoms. The van der Waals surface area contributed by atoms with E-state index < -0.39 is 10.0 Å². The monoisotopic (exact) mass is 265 g/mol. The number of sulfonamides is 1. The molecule has 2 N–H and O–H groups in total. The van der Waals surface area contributed by atoms with Crippen molar-refractivity contribution in [1.82, 2.24) is 0 Å². The van der Waals surface area contributed by atoms with E-state index in [1.807, 2.05) is 13.0 Å². The first-order valence-electron chi connectivity index (χ1n) is 5.75. The minimum atomic E-state index is -3.24. The van der Waals surface area contributed by atoms with Gasteiger partial charge in [0.2, 0.25) is 10.0 Å². The van der Waals surface area contributed by atoms with Gasteiger partial charge < -0.3 is 5.11 Å². The van der Waals surface area contributed by atoms with Crippen molar-refractivity contribution in [3.05, 3.63) is 29.3 Å². The fourth-order valence-electron chi connectivity index (χ4n) is 1.58. The van der Waals surface area contributed by atoms with Gasteiger partial charge in [0.25, 0.3) is 0 Å². The summed E-state index contributed by atoms with van der Waals surface area (Å²) >= 11 is 0. The fourth-order valence-corrected chi connectivity index (χ4v) is 2.96. The van der Waals surface area contributed by atoms with Crippen LogP contribution in [0.4, 0.5) is 5.69 Å². The molecule has 0 unspecified atom stereocenters. The van der Waals surface area contributed by atoms with Gasteiger partial charge in [-0.15, -0.1) is 0 Å². The maximum absolute atomic E-state index is 11.8. The standard InChI is InChI=1S/C13H15NO3S/c1-10-4-5-12(9-11(10)3-2-8-15)14-18(16,17)13-6-7-13/h4-5,9,13-15H,6-8H2,1H3. The van der Waals surface area contributed by atoms with Crippen molar-refractivity contribution in [2.75, 3.05) is 11.3 Å². The van der Waals surface area contributed by atoms with Crippen LogP contribution in [-0.2, 0) is 10.0 Å². The molecular formula is C13H15NO3S. The second-order valence-corrected chi connectivity index (χ2v) is 6.30. The number of hydrogen-bond acceptors (Lipinski definition) is 3. The number of aryl methyl sites for hydroxylation is 1. The maximum atomic E-state index is 11.8. The Morgan fingerprint density at radius 1 is 1.44 bits per heavy atom. The van der Waals surface area contributed by atoms with Crippen molar-refractivity contribution in [2.24, 2.45) is 0 Å². The SMILES string of the molecule is Cc1ccc(NS(=O)(=O)C2CC2)cc1C#CCO. The van der Waals surface area contributed by atoms with Crippen molar-refractivity contribution >= 4 is 15.7 Å². The predicted molar refractivity (Wildman–Crippen MR) is 70.7 cm³/mol. The molecule has 1 saturated carbocycles. The molecule has 5 heteroatoms. The number of aliphatic hydroxyl groups is 1. The quantitative estimate of drug-likeness (QED) is 0.808. The largest absolute Gasteiger partial charge is 0.384 e. The van der Waals surface area contributed by atoms with E-state index in [-0.39, 0.29) is 11.9 Å². The second kappa shape index (κ2) is 5.01. The molecule has 0 heterocycles. The Labute approximate surface area is 107 Å². The molecule has 0 spiro atoms. The summed E-state index contributed by atoms with van der Waals surface area (Å²) in [6.45, 7) is 1.68. The average Bonchev–Trinajstić information content (AvgIpc) is 3.13. The van der Waals surface area contributed by atoms with Crippen LogP contribution in [0.15, 0.2) is 18.2 Å². The van der Waals surface area contributed by atoms with E-state index in [2.05, 4.69) is 16.6 Å². The minimum Gasteiger partial charge on any atom is -0.384 e. The summed E-state index contributed by atoms with van der Waals surface area (Å²) < 4.78 is 26.1. The van der Waals surface area contributed by atoms with Gasteiger partial charge in [-0.05, 0) is 37.5 Å². The molecule has 1 aliphatic carbocycles. The Morgan fingerprint density at radius 2 is 2.17 bits per heavy atom. The highest BCUT2D eigenvalue weighted by atomic mass is 32.2. The first-order chi connectivity index (χ1) is 8.53. The second-order valence-electron chi connectivity index (χ2n) is 4.34. The molecule has 96 valence electrons. The van der Waals surface area contributed by atoms with Gasteiger partial charge in [-0.25, -0.2) is 8.42 Å². The van der Waals surface area contributed by atoms with E-state index >= 15 is 0 Å². The lowest BCUT2D eigenvalue weighted by Gasteiger charge is -2.08. The lowest BCUT2D eigenvalue weighted by Crippen LogP contribution is -2.17. The molecule has 1 fully saturated rings. The highest BCUT2D eigenvalue weighted by Crippen LogP contribution is 2.30. The van der Waals surface area contributed by atoms with Gasteiger partial charge in [0.15, 0.2) is 0 Å². The lowest BCUT2D eigenvalue weighted by molar-refractivity contribution is 0.350. The molecule has 0 aromatic heterocycles. The summed E-state index contributed by atoms with van der Waals surface area (Å²) in [6, 6.07) is 5.23. The Bertz CT molecular complexity index is 607. The topological polar surface area (TPSA) is 66.4 Å². The number of rotatable bonds is 3. The third kappa shape index (κ3) is 3.03. The van der Waals surface area contributed by atoms with E-state index in [1.54, 1.807) is 12.1 Å². The third-order valence-electron chi connectivity index (χ3n) is 2.76. The molecule has 0 aliphatic heterocycles. The summed E-state index contributed by atoms with van der Waals surface area (Å²) in [7, 11) is -3.24. The van der Waals surface area contributed by atoms with Gasteiger partial charge in [0, 0.05) is 11.3 Å². The number of aliphatic hydroxyl groups excluding tert-OH is 1. The molecule has 0 amide bonds. The number of anilines is 1. The summed E-state index contributed by atoms with van der Waals surface area (Å²) in [6.07, 6.45) is 1.47. The van der Waals surface area contributed by atoms with Crippen molar-refractivity contribution in [2.45, 2.75) is 25.0 Å². The Kier molecular flexibility index (Phi) is 3.60. The lowest BCUT2D eigenvalue weighted by atomic mass is 10.1. The van der Waals surface area contributed by atoms with E-state index in [1.165, 1.54) is 0 Å². The molecule has 0 bridgehead atoms. The van der Waals surface area contributed by atoms with E-state index in [4.69, 9.17) is 5.11 Å². The minimum absolute atomic E-state index is 0.211. The van der Waals surface area contributed by atoms with Crippen LogP contribution in [0.25, 0.3) is 0 Å². The highest BCUT2D eigenvalue weighted by molar-refractivity contribution is 7.93. The van der Waals surface area contributed by atoms with Crippen molar-refractivity contribution in [3.8, 4) is 11.8 Å². The molecule has 1 aliphatic rings. The van der Waals surface area contributed by atoms with Crippen molar-refractivity contribution < 1.29 is 13.5 Å². The Balaban J connectivity index is 2.24. The number of benzene rings is 1. The molecule has 2 rings (SSSR count). The molecule has 0 saturated heterocycles. The van der Waals surface area contributed by atoms with Gasteiger partial charge in [-0.2, -0.15) is 0 Å². The molecule has 0 radical (unpaired) electrons. The van der Waals surface area contributed by atoms with Crippen LogP contribution in [0.1, 0.15) is 24.0 Å². The molecule has 4 nitrogen and oxygen atoms in total. The zero-order valence-electron chi connectivity index (χ0n) is 10.1. The first-order valence-corrected chi connectivity index (χ1v) is 7.29. The number of nitrogens with one attached hydrogen (secondary N) is 1. The summed E-state index contributed by atoms with van der Waals surface area (Å²) in [5.41, 5.74) is 2.19. The molecular weight excluding hydrogens is 250 g/mol. The smallest absolute Gasteiger partial charge is 0.235 e. The van der Waals surface area contributed by atoms with E-state index in [0.717, 1.165) is 24.0 Å². The first kappa shape index (κ1) is 12.9. The molecule has 1 aromatic rings. The zero-order valence-corrected chi connectivity index (χ0v) is 10.9. The highest BCUT2D eigenvalue weighted by Gasteiger charge is 2.35. The van der Waals surface area contributed by atoms with Crippen LogP contribution in [0.5, 0.6) is 0 Å². The summed E-state index contributed by atoms with van der Waals surface area (Å²) in [4.78, 5) is 0. The summed E-state index contributed by atoms with van der Waals surface area (Å²) in [5.74, 6) is 5.36. The van der Waals surface area contributed by atoms with E-state index in [0.29, 0.717) is 5.69 Å². The van der Waals surface area contributed by atoms with Crippen LogP contribution in [0.2, 0.25) is 0 Å². The predicted octanol–water partition coefficient (Wildman–Crippen LogP) is 1.24. The molecule has 1 aromatic carbocycles. The van der Waals surface area contributed by atoms with Gasteiger partial charge in [0.05, 0.1) is 5.25 Å².